The molecular weight excluding hydrogens is 470 g/mol. The van der Waals surface area contributed by atoms with Gasteiger partial charge in [0.05, 0.1) is 26.7 Å². The van der Waals surface area contributed by atoms with Gasteiger partial charge in [0.15, 0.2) is 0 Å². The topological polar surface area (TPSA) is 108 Å². The monoisotopic (exact) mass is 499 g/mol. The number of nitrogens with zero attached hydrogens (tertiary/aromatic N) is 4. The van der Waals surface area contributed by atoms with Gasteiger partial charge < -0.3 is 14.8 Å². The predicted molar refractivity (Wildman–Crippen MR) is 138 cm³/mol. The summed E-state index contributed by atoms with van der Waals surface area (Å²) < 4.78 is 10.6. The van der Waals surface area contributed by atoms with Gasteiger partial charge in [0.25, 0.3) is 11.7 Å². The Kier molecular flexibility index (Phi) is 8.59. The highest BCUT2D eigenvalue weighted by Gasteiger charge is 2.22. The van der Waals surface area contributed by atoms with Gasteiger partial charge >= 0.3 is 5.97 Å². The summed E-state index contributed by atoms with van der Waals surface area (Å²) in [5.41, 5.74) is 3.93. The molecule has 0 fully saturated rings. The van der Waals surface area contributed by atoms with E-state index in [1.165, 1.54) is 4.80 Å². The summed E-state index contributed by atoms with van der Waals surface area (Å²) in [5.74, 6) is -0.162. The Hall–Kier alpha value is -4.53. The number of hydrogen-bond donors (Lipinski definition) is 1. The zero-order chi connectivity index (χ0) is 26.0. The first-order valence-electron chi connectivity index (χ1n) is 12.1. The Morgan fingerprint density at radius 2 is 1.68 bits per heavy atom. The van der Waals surface area contributed by atoms with E-state index in [0.717, 1.165) is 28.0 Å². The van der Waals surface area contributed by atoms with Gasteiger partial charge in [0.2, 0.25) is 0 Å². The molecule has 0 radical (unpaired) electrons. The van der Waals surface area contributed by atoms with Crippen molar-refractivity contribution in [3.05, 3.63) is 95.8 Å². The number of nitrogens with one attached hydrogen (secondary N) is 1. The van der Waals surface area contributed by atoms with Crippen molar-refractivity contribution in [2.24, 2.45) is 0 Å². The third-order valence-corrected chi connectivity index (χ3v) is 5.73. The Balaban J connectivity index is 1.45. The lowest BCUT2D eigenvalue weighted by molar-refractivity contribution is -0.143. The number of carbonyl (C=O) groups is 2. The van der Waals surface area contributed by atoms with E-state index >= 15 is 0 Å². The molecule has 190 valence electrons. The molecule has 37 heavy (non-hydrogen) atoms. The van der Waals surface area contributed by atoms with Crippen LogP contribution in [0.1, 0.15) is 35.1 Å². The third-order valence-electron chi connectivity index (χ3n) is 5.73. The van der Waals surface area contributed by atoms with Gasteiger partial charge in [0, 0.05) is 11.6 Å². The number of para-hydroxylation sites is 1. The van der Waals surface area contributed by atoms with Crippen molar-refractivity contribution in [2.75, 3.05) is 13.7 Å². The van der Waals surface area contributed by atoms with Crippen LogP contribution in [0.25, 0.3) is 11.1 Å². The van der Waals surface area contributed by atoms with Gasteiger partial charge in [-0.25, -0.2) is 0 Å². The van der Waals surface area contributed by atoms with Crippen LogP contribution in [-0.4, -0.2) is 51.8 Å². The van der Waals surface area contributed by atoms with Crippen molar-refractivity contribution in [3.8, 4) is 16.9 Å². The van der Waals surface area contributed by atoms with Crippen LogP contribution in [0.3, 0.4) is 0 Å². The Labute approximate surface area is 215 Å². The zero-order valence-corrected chi connectivity index (χ0v) is 20.8. The number of tetrazole rings is 1. The molecule has 0 saturated heterocycles. The number of rotatable bonds is 11. The zero-order valence-electron chi connectivity index (χ0n) is 20.8. The molecule has 0 bridgehead atoms. The SMILES string of the molecule is CCOC(=O)C[C@@H](Cc1ccc(-c2ccccc2OC)cc1)NC(=O)c1nnn(Cc2ccccc2)n1. The molecule has 9 heteroatoms. The van der Waals surface area contributed by atoms with Gasteiger partial charge in [-0.3, -0.25) is 9.59 Å². The number of ether oxygens (including phenoxy) is 2. The van der Waals surface area contributed by atoms with Gasteiger partial charge in [-0.2, -0.15) is 4.80 Å². The van der Waals surface area contributed by atoms with E-state index in [4.69, 9.17) is 9.47 Å². The van der Waals surface area contributed by atoms with Gasteiger partial charge in [0.1, 0.15) is 5.75 Å². The van der Waals surface area contributed by atoms with Crippen LogP contribution >= 0.6 is 0 Å². The van der Waals surface area contributed by atoms with Crippen molar-refractivity contribution in [3.63, 3.8) is 0 Å². The molecule has 1 amide bonds. The van der Waals surface area contributed by atoms with Gasteiger partial charge in [-0.15, -0.1) is 10.2 Å². The maximum Gasteiger partial charge on any atom is 0.307 e. The van der Waals surface area contributed by atoms with Crippen LogP contribution < -0.4 is 10.1 Å². The van der Waals surface area contributed by atoms with Crippen molar-refractivity contribution < 1.29 is 19.1 Å². The summed E-state index contributed by atoms with van der Waals surface area (Å²) in [5, 5.41) is 14.9. The number of methoxy groups -OCH3 is 1. The average molecular weight is 500 g/mol. The number of amides is 1. The number of carbonyl (C=O) groups excluding carboxylic acids is 2. The summed E-state index contributed by atoms with van der Waals surface area (Å²) in [6.07, 6.45) is 0.445. The Morgan fingerprint density at radius 3 is 2.41 bits per heavy atom. The summed E-state index contributed by atoms with van der Waals surface area (Å²) in [6, 6.07) is 24.9. The quantitative estimate of drug-likeness (QED) is 0.314. The minimum atomic E-state index is -0.510. The van der Waals surface area contributed by atoms with Crippen molar-refractivity contribution in [1.29, 1.82) is 0 Å². The highest BCUT2D eigenvalue weighted by Crippen LogP contribution is 2.29. The number of esters is 1. The molecule has 0 unspecified atom stereocenters. The van der Waals surface area contributed by atoms with Crippen molar-refractivity contribution >= 4 is 11.9 Å². The minimum absolute atomic E-state index is 0.0198. The fourth-order valence-electron chi connectivity index (χ4n) is 3.98. The molecule has 1 aromatic heterocycles. The maximum atomic E-state index is 12.9. The lowest BCUT2D eigenvalue weighted by Crippen LogP contribution is -2.39. The summed E-state index contributed by atoms with van der Waals surface area (Å²) in [4.78, 5) is 26.5. The molecule has 9 nitrogen and oxygen atoms in total. The van der Waals surface area contributed by atoms with E-state index in [1.54, 1.807) is 14.0 Å². The normalized spacial score (nSPS) is 11.5. The largest absolute Gasteiger partial charge is 0.496 e. The first-order valence-corrected chi connectivity index (χ1v) is 12.1. The molecule has 1 atom stereocenters. The maximum absolute atomic E-state index is 12.9. The Morgan fingerprint density at radius 1 is 0.946 bits per heavy atom. The fourth-order valence-corrected chi connectivity index (χ4v) is 3.98. The molecule has 0 aliphatic heterocycles. The van der Waals surface area contributed by atoms with E-state index in [-0.39, 0.29) is 24.8 Å². The van der Waals surface area contributed by atoms with Crippen molar-refractivity contribution in [1.82, 2.24) is 25.5 Å². The highest BCUT2D eigenvalue weighted by atomic mass is 16.5. The van der Waals surface area contributed by atoms with Gasteiger partial charge in [-0.1, -0.05) is 72.8 Å². The predicted octanol–water partition coefficient (Wildman–Crippen LogP) is 3.69. The molecule has 0 aliphatic carbocycles. The minimum Gasteiger partial charge on any atom is -0.496 e. The van der Waals surface area contributed by atoms with E-state index < -0.39 is 11.9 Å². The first kappa shape index (κ1) is 25.6. The van der Waals surface area contributed by atoms with E-state index in [9.17, 15) is 9.59 Å². The second-order valence-electron chi connectivity index (χ2n) is 8.41. The number of hydrogen-bond acceptors (Lipinski definition) is 7. The van der Waals surface area contributed by atoms with Crippen LogP contribution in [-0.2, 0) is 22.5 Å². The van der Waals surface area contributed by atoms with E-state index in [1.807, 2.05) is 78.9 Å². The summed E-state index contributed by atoms with van der Waals surface area (Å²) >= 11 is 0. The summed E-state index contributed by atoms with van der Waals surface area (Å²) in [6.45, 7) is 2.41. The van der Waals surface area contributed by atoms with Crippen LogP contribution in [0.5, 0.6) is 5.75 Å². The van der Waals surface area contributed by atoms with Crippen LogP contribution in [0.4, 0.5) is 0 Å². The van der Waals surface area contributed by atoms with E-state index in [2.05, 4.69) is 20.7 Å². The van der Waals surface area contributed by atoms with E-state index in [0.29, 0.717) is 13.0 Å². The number of benzene rings is 3. The second-order valence-corrected chi connectivity index (χ2v) is 8.41. The third kappa shape index (κ3) is 7.00. The Bertz CT molecular complexity index is 1320. The van der Waals surface area contributed by atoms with Crippen LogP contribution in [0.15, 0.2) is 78.9 Å². The molecular formula is C28H29N5O4. The second kappa shape index (κ2) is 12.4. The molecule has 4 aromatic rings. The molecule has 0 aliphatic rings. The lowest BCUT2D eigenvalue weighted by atomic mass is 9.99. The molecule has 1 heterocycles. The summed E-state index contributed by atoms with van der Waals surface area (Å²) in [7, 11) is 1.64. The highest BCUT2D eigenvalue weighted by molar-refractivity contribution is 5.90. The average Bonchev–Trinajstić information content (AvgIpc) is 3.38. The van der Waals surface area contributed by atoms with Gasteiger partial charge in [-0.05, 0) is 41.3 Å². The molecule has 0 spiro atoms. The lowest BCUT2D eigenvalue weighted by Gasteiger charge is -2.17. The standard InChI is InChI=1S/C28H29N5O4/c1-3-37-26(34)18-23(17-20-13-15-22(16-14-20)24-11-7-8-12-25(24)36-2)29-28(35)27-30-32-33(31-27)19-21-9-5-4-6-10-21/h4-16,23H,3,17-19H2,1-2H3,(H,29,35)/t23-/m1/s1. The fraction of sp³-hybridized carbons (Fsp3) is 0.250. The van der Waals surface area contributed by atoms with Crippen LogP contribution in [0, 0.1) is 0 Å². The first-order chi connectivity index (χ1) is 18.1. The van der Waals surface area contributed by atoms with Crippen molar-refractivity contribution in [2.45, 2.75) is 32.4 Å². The smallest absolute Gasteiger partial charge is 0.307 e. The molecule has 4 rings (SSSR count). The number of aromatic nitrogens is 4. The molecule has 1 N–H and O–H groups in total. The van der Waals surface area contributed by atoms with Crippen LogP contribution in [0.2, 0.25) is 0 Å². The molecule has 3 aromatic carbocycles. The molecule has 0 saturated carbocycles.